The number of likely N-dealkylation sites (tertiary alicyclic amines) is 1. The zero-order valence-electron chi connectivity index (χ0n) is 19.4. The number of nitrogens with one attached hydrogen (secondary N) is 1. The van der Waals surface area contributed by atoms with Gasteiger partial charge in [0, 0.05) is 25.5 Å². The highest BCUT2D eigenvalue weighted by molar-refractivity contribution is 6.04. The summed E-state index contributed by atoms with van der Waals surface area (Å²) >= 11 is 0. The van der Waals surface area contributed by atoms with Crippen LogP contribution in [-0.2, 0) is 13.1 Å². The number of piperidine rings is 1. The maximum atomic E-state index is 13.0. The molecule has 1 aliphatic heterocycles. The largest absolute Gasteiger partial charge is 0.494 e. The molecule has 0 radical (unpaired) electrons. The van der Waals surface area contributed by atoms with Crippen molar-refractivity contribution in [2.45, 2.75) is 39.3 Å². The maximum absolute atomic E-state index is 13.0. The van der Waals surface area contributed by atoms with Gasteiger partial charge in [-0.15, -0.1) is 0 Å². The molecule has 2 heterocycles. The average molecular weight is 449 g/mol. The van der Waals surface area contributed by atoms with Gasteiger partial charge in [0.25, 0.3) is 11.5 Å². The van der Waals surface area contributed by atoms with Gasteiger partial charge in [0.1, 0.15) is 5.75 Å². The fourth-order valence-corrected chi connectivity index (χ4v) is 4.51. The molecule has 1 aromatic heterocycles. The number of amides is 1. The fourth-order valence-electron chi connectivity index (χ4n) is 4.51. The van der Waals surface area contributed by atoms with E-state index < -0.39 is 0 Å². The zero-order chi connectivity index (χ0) is 23.2. The van der Waals surface area contributed by atoms with Crippen molar-refractivity contribution in [3.8, 4) is 5.75 Å². The van der Waals surface area contributed by atoms with Gasteiger partial charge in [-0.05, 0) is 62.3 Å². The molecular formula is C26H32N4O3. The molecule has 1 fully saturated rings. The van der Waals surface area contributed by atoms with E-state index >= 15 is 0 Å². The lowest BCUT2D eigenvalue weighted by Gasteiger charge is -2.32. The van der Waals surface area contributed by atoms with Crippen molar-refractivity contribution in [3.05, 3.63) is 70.1 Å². The number of rotatable bonds is 8. The minimum Gasteiger partial charge on any atom is -0.494 e. The molecule has 33 heavy (non-hydrogen) atoms. The second-order valence-electron chi connectivity index (χ2n) is 8.60. The summed E-state index contributed by atoms with van der Waals surface area (Å²) in [5.41, 5.74) is 1.48. The molecule has 0 bridgehead atoms. The molecule has 7 heteroatoms. The highest BCUT2D eigenvalue weighted by Gasteiger charge is 2.21. The van der Waals surface area contributed by atoms with Crippen LogP contribution in [0.25, 0.3) is 10.8 Å². The number of ether oxygens (including phenoxy) is 1. The van der Waals surface area contributed by atoms with Crippen molar-refractivity contribution in [1.29, 1.82) is 0 Å². The Bertz CT molecular complexity index is 1150. The Balaban J connectivity index is 1.36. The van der Waals surface area contributed by atoms with Crippen LogP contribution >= 0.6 is 0 Å². The van der Waals surface area contributed by atoms with E-state index in [4.69, 9.17) is 4.74 Å². The summed E-state index contributed by atoms with van der Waals surface area (Å²) in [7, 11) is 1.58. The van der Waals surface area contributed by atoms with Crippen LogP contribution in [-0.4, -0.2) is 47.3 Å². The van der Waals surface area contributed by atoms with Crippen LogP contribution in [0.2, 0.25) is 0 Å². The Labute approximate surface area is 194 Å². The van der Waals surface area contributed by atoms with Crippen molar-refractivity contribution in [1.82, 2.24) is 20.0 Å². The summed E-state index contributed by atoms with van der Waals surface area (Å²) in [5, 5.41) is 8.16. The van der Waals surface area contributed by atoms with Crippen LogP contribution in [0.5, 0.6) is 5.75 Å². The van der Waals surface area contributed by atoms with Crippen molar-refractivity contribution in [3.63, 3.8) is 0 Å². The van der Waals surface area contributed by atoms with E-state index in [1.54, 1.807) is 19.2 Å². The minimum absolute atomic E-state index is 0.157. The third-order valence-electron chi connectivity index (χ3n) is 6.43. The van der Waals surface area contributed by atoms with Crippen LogP contribution in [0.3, 0.4) is 0 Å². The molecule has 1 amide bonds. The quantitative estimate of drug-likeness (QED) is 0.571. The number of carbonyl (C=O) groups excluding carboxylic acids is 1. The van der Waals surface area contributed by atoms with Crippen molar-refractivity contribution < 1.29 is 9.53 Å². The van der Waals surface area contributed by atoms with Gasteiger partial charge >= 0.3 is 0 Å². The highest BCUT2D eigenvalue weighted by atomic mass is 16.5. The molecule has 4 rings (SSSR count). The van der Waals surface area contributed by atoms with Crippen molar-refractivity contribution in [2.24, 2.45) is 5.92 Å². The first-order chi connectivity index (χ1) is 16.1. The first-order valence-corrected chi connectivity index (χ1v) is 11.7. The predicted molar refractivity (Wildman–Crippen MR) is 130 cm³/mol. The van der Waals surface area contributed by atoms with Crippen LogP contribution in [0, 0.1) is 5.92 Å². The average Bonchev–Trinajstić information content (AvgIpc) is 2.86. The smallest absolute Gasteiger partial charge is 0.275 e. The van der Waals surface area contributed by atoms with Gasteiger partial charge in [0.15, 0.2) is 5.69 Å². The monoisotopic (exact) mass is 448 g/mol. The number of hydrogen-bond acceptors (Lipinski definition) is 5. The normalized spacial score (nSPS) is 15.0. The Morgan fingerprint density at radius 2 is 1.79 bits per heavy atom. The number of carbonyl (C=O) groups is 1. The van der Waals surface area contributed by atoms with Crippen molar-refractivity contribution in [2.75, 3.05) is 26.7 Å². The van der Waals surface area contributed by atoms with Gasteiger partial charge in [-0.1, -0.05) is 30.3 Å². The number of aromatic nitrogens is 2. The van der Waals surface area contributed by atoms with E-state index in [1.807, 2.05) is 31.2 Å². The van der Waals surface area contributed by atoms with Gasteiger partial charge in [0.05, 0.1) is 18.7 Å². The standard InChI is InChI=1S/C26H32N4O3/c1-3-33-21-12-10-19(11-13-21)8-9-20-14-16-29(17-15-20)18-30-26(32)23-7-5-4-6-22(23)24(28-30)25(31)27-2/h4-7,10-13,20H,3,8-9,14-18H2,1-2H3,(H,27,31). The second kappa shape index (κ2) is 10.6. The summed E-state index contributed by atoms with van der Waals surface area (Å²) in [6, 6.07) is 15.6. The van der Waals surface area contributed by atoms with Gasteiger partial charge < -0.3 is 10.1 Å². The highest BCUT2D eigenvalue weighted by Crippen LogP contribution is 2.23. The first-order valence-electron chi connectivity index (χ1n) is 11.7. The van der Waals surface area contributed by atoms with Crippen LogP contribution in [0.1, 0.15) is 42.2 Å². The third kappa shape index (κ3) is 5.42. The Morgan fingerprint density at radius 3 is 2.45 bits per heavy atom. The fraction of sp³-hybridized carbons (Fsp3) is 0.423. The number of nitrogens with zero attached hydrogens (tertiary/aromatic N) is 3. The number of aryl methyl sites for hydroxylation is 1. The molecule has 0 aliphatic carbocycles. The minimum atomic E-state index is -0.284. The Morgan fingerprint density at radius 1 is 1.09 bits per heavy atom. The molecular weight excluding hydrogens is 416 g/mol. The zero-order valence-corrected chi connectivity index (χ0v) is 19.4. The molecule has 1 aliphatic rings. The van der Waals surface area contributed by atoms with E-state index in [9.17, 15) is 9.59 Å². The molecule has 2 aromatic carbocycles. The second-order valence-corrected chi connectivity index (χ2v) is 8.60. The molecule has 0 spiro atoms. The number of benzene rings is 2. The summed E-state index contributed by atoms with van der Waals surface area (Å²) in [6.07, 6.45) is 4.43. The summed E-state index contributed by atoms with van der Waals surface area (Å²) in [4.78, 5) is 27.6. The summed E-state index contributed by atoms with van der Waals surface area (Å²) < 4.78 is 6.96. The van der Waals surface area contributed by atoms with Crippen LogP contribution < -0.4 is 15.6 Å². The molecule has 1 saturated heterocycles. The lowest BCUT2D eigenvalue weighted by molar-refractivity contribution is 0.0953. The van der Waals surface area contributed by atoms with E-state index in [0.29, 0.717) is 30.0 Å². The molecule has 1 N–H and O–H groups in total. The SMILES string of the molecule is CCOc1ccc(CCC2CCN(Cn3nc(C(=O)NC)c4ccccc4c3=O)CC2)cc1. The lowest BCUT2D eigenvalue weighted by atomic mass is 9.90. The van der Waals surface area contributed by atoms with E-state index in [-0.39, 0.29) is 17.2 Å². The first kappa shape index (κ1) is 23.0. The topological polar surface area (TPSA) is 76.5 Å². The molecule has 0 unspecified atom stereocenters. The van der Waals surface area contributed by atoms with Crippen LogP contribution in [0.15, 0.2) is 53.3 Å². The summed E-state index contributed by atoms with van der Waals surface area (Å²) in [6.45, 7) is 4.92. The van der Waals surface area contributed by atoms with Gasteiger partial charge in [-0.25, -0.2) is 4.68 Å². The maximum Gasteiger partial charge on any atom is 0.275 e. The Kier molecular flexibility index (Phi) is 7.40. The third-order valence-corrected chi connectivity index (χ3v) is 6.43. The van der Waals surface area contributed by atoms with E-state index in [1.165, 1.54) is 10.2 Å². The molecule has 0 atom stereocenters. The molecule has 174 valence electrons. The van der Waals surface area contributed by atoms with Gasteiger partial charge in [0.2, 0.25) is 0 Å². The van der Waals surface area contributed by atoms with Gasteiger partial charge in [-0.2, -0.15) is 5.10 Å². The van der Waals surface area contributed by atoms with Crippen molar-refractivity contribution >= 4 is 16.7 Å². The van der Waals surface area contributed by atoms with Gasteiger partial charge in [-0.3, -0.25) is 14.5 Å². The van der Waals surface area contributed by atoms with E-state index in [2.05, 4.69) is 27.4 Å². The van der Waals surface area contributed by atoms with Crippen LogP contribution in [0.4, 0.5) is 0 Å². The molecule has 0 saturated carbocycles. The lowest BCUT2D eigenvalue weighted by Crippen LogP contribution is -2.40. The predicted octanol–water partition coefficient (Wildman–Crippen LogP) is 3.46. The molecule has 7 nitrogen and oxygen atoms in total. The van der Waals surface area contributed by atoms with E-state index in [0.717, 1.165) is 44.5 Å². The summed E-state index contributed by atoms with van der Waals surface area (Å²) in [5.74, 6) is 1.31. The Hall–Kier alpha value is -3.19. The number of hydrogen-bond donors (Lipinski definition) is 1. The molecule has 3 aromatic rings. The number of fused-ring (bicyclic) bond motifs is 1.